The summed E-state index contributed by atoms with van der Waals surface area (Å²) < 4.78 is 4.97. The van der Waals surface area contributed by atoms with Gasteiger partial charge in [0.2, 0.25) is 0 Å². The van der Waals surface area contributed by atoms with E-state index >= 15 is 0 Å². The van der Waals surface area contributed by atoms with Gasteiger partial charge in [-0.25, -0.2) is 9.97 Å². The lowest BCUT2D eigenvalue weighted by molar-refractivity contribution is 0.199. The van der Waals surface area contributed by atoms with E-state index in [0.717, 1.165) is 37.1 Å². The number of hydrogen-bond donors (Lipinski definition) is 1. The number of rotatable bonds is 6. The second-order valence-electron chi connectivity index (χ2n) is 4.40. The summed E-state index contributed by atoms with van der Waals surface area (Å²) in [5.41, 5.74) is 1.07. The Hall–Kier alpha value is -1.00. The Kier molecular flexibility index (Phi) is 3.85. The van der Waals surface area contributed by atoms with E-state index in [1.807, 2.05) is 12.3 Å². The van der Waals surface area contributed by atoms with Crippen molar-refractivity contribution in [2.45, 2.75) is 25.8 Å². The van der Waals surface area contributed by atoms with Crippen LogP contribution in [0.2, 0.25) is 0 Å². The van der Waals surface area contributed by atoms with Crippen molar-refractivity contribution in [2.75, 3.05) is 20.3 Å². The second-order valence-corrected chi connectivity index (χ2v) is 4.40. The number of nitrogens with one attached hydrogen (secondary N) is 1. The molecule has 4 nitrogen and oxygen atoms in total. The summed E-state index contributed by atoms with van der Waals surface area (Å²) in [4.78, 5) is 8.90. The van der Waals surface area contributed by atoms with Gasteiger partial charge in [0, 0.05) is 32.3 Å². The monoisotopic (exact) mass is 221 g/mol. The van der Waals surface area contributed by atoms with Gasteiger partial charge in [-0.2, -0.15) is 0 Å². The van der Waals surface area contributed by atoms with Gasteiger partial charge in [0.25, 0.3) is 0 Å². The number of hydrogen-bond acceptors (Lipinski definition) is 4. The second kappa shape index (κ2) is 5.37. The molecule has 0 aromatic carbocycles. The molecule has 1 aliphatic rings. The molecule has 1 aliphatic carbocycles. The Balaban J connectivity index is 1.84. The fourth-order valence-corrected chi connectivity index (χ4v) is 1.76. The maximum absolute atomic E-state index is 4.97. The number of aromatic nitrogens is 2. The highest BCUT2D eigenvalue weighted by molar-refractivity contribution is 5.12. The van der Waals surface area contributed by atoms with Crippen LogP contribution in [0.1, 0.15) is 30.8 Å². The van der Waals surface area contributed by atoms with E-state index in [-0.39, 0.29) is 0 Å². The zero-order valence-corrected chi connectivity index (χ0v) is 9.94. The number of methoxy groups -OCH3 is 1. The van der Waals surface area contributed by atoms with Gasteiger partial charge in [0.1, 0.15) is 5.82 Å². The van der Waals surface area contributed by atoms with Gasteiger partial charge in [0.05, 0.1) is 12.3 Å². The van der Waals surface area contributed by atoms with Crippen molar-refractivity contribution in [2.24, 2.45) is 5.92 Å². The molecule has 2 unspecified atom stereocenters. The lowest BCUT2D eigenvalue weighted by Crippen LogP contribution is -2.19. The topological polar surface area (TPSA) is 47.0 Å². The zero-order valence-electron chi connectivity index (χ0n) is 9.94. The quantitative estimate of drug-likeness (QED) is 0.736. The van der Waals surface area contributed by atoms with Gasteiger partial charge in [-0.3, -0.25) is 0 Å². The molecular formula is C12H19N3O. The van der Waals surface area contributed by atoms with Crippen molar-refractivity contribution in [3.8, 4) is 0 Å². The summed E-state index contributed by atoms with van der Waals surface area (Å²) >= 11 is 0. The molecule has 1 fully saturated rings. The summed E-state index contributed by atoms with van der Waals surface area (Å²) in [6.45, 7) is 4.63. The van der Waals surface area contributed by atoms with Crippen LogP contribution in [0, 0.1) is 5.92 Å². The molecule has 0 aliphatic heterocycles. The summed E-state index contributed by atoms with van der Waals surface area (Å²) in [6.07, 6.45) is 3.10. The minimum atomic E-state index is 0.596. The lowest BCUT2D eigenvalue weighted by Gasteiger charge is -2.04. The third-order valence-corrected chi connectivity index (χ3v) is 2.96. The van der Waals surface area contributed by atoms with Crippen LogP contribution in [0.3, 0.4) is 0 Å². The Morgan fingerprint density at radius 3 is 3.06 bits per heavy atom. The Morgan fingerprint density at radius 2 is 2.38 bits per heavy atom. The van der Waals surface area contributed by atoms with E-state index in [1.165, 1.54) is 6.42 Å². The highest BCUT2D eigenvalue weighted by Crippen LogP contribution is 2.45. The van der Waals surface area contributed by atoms with Gasteiger partial charge in [-0.05, 0) is 18.4 Å². The van der Waals surface area contributed by atoms with Crippen molar-refractivity contribution in [3.63, 3.8) is 0 Å². The summed E-state index contributed by atoms with van der Waals surface area (Å²) in [7, 11) is 1.71. The van der Waals surface area contributed by atoms with Crippen molar-refractivity contribution in [1.29, 1.82) is 0 Å². The molecule has 1 N–H and O–H groups in total. The standard InChI is InChI=1S/C12H19N3O/c1-9-7-11(9)12-14-4-3-10(15-12)8-13-5-6-16-2/h3-4,9,11,13H,5-8H2,1-2H3. The van der Waals surface area contributed by atoms with Crippen LogP contribution < -0.4 is 5.32 Å². The average Bonchev–Trinajstić information content (AvgIpc) is 3.03. The van der Waals surface area contributed by atoms with E-state index in [9.17, 15) is 0 Å². The van der Waals surface area contributed by atoms with E-state index in [2.05, 4.69) is 22.2 Å². The van der Waals surface area contributed by atoms with Crippen LogP contribution >= 0.6 is 0 Å². The van der Waals surface area contributed by atoms with E-state index < -0.39 is 0 Å². The van der Waals surface area contributed by atoms with Crippen LogP contribution in [-0.4, -0.2) is 30.2 Å². The van der Waals surface area contributed by atoms with Gasteiger partial charge in [-0.15, -0.1) is 0 Å². The van der Waals surface area contributed by atoms with E-state index in [1.54, 1.807) is 7.11 Å². The van der Waals surface area contributed by atoms with Gasteiger partial charge in [0.15, 0.2) is 0 Å². The Bertz CT molecular complexity index is 343. The molecule has 1 saturated carbocycles. The maximum atomic E-state index is 4.97. The van der Waals surface area contributed by atoms with Crippen molar-refractivity contribution in [1.82, 2.24) is 15.3 Å². The molecule has 1 aromatic rings. The lowest BCUT2D eigenvalue weighted by atomic mass is 10.3. The van der Waals surface area contributed by atoms with Crippen molar-refractivity contribution in [3.05, 3.63) is 23.8 Å². The molecular weight excluding hydrogens is 202 g/mol. The maximum Gasteiger partial charge on any atom is 0.131 e. The van der Waals surface area contributed by atoms with Crippen LogP contribution in [-0.2, 0) is 11.3 Å². The van der Waals surface area contributed by atoms with Gasteiger partial charge in [-0.1, -0.05) is 6.92 Å². The fraction of sp³-hybridized carbons (Fsp3) is 0.667. The molecule has 1 aromatic heterocycles. The highest BCUT2D eigenvalue weighted by Gasteiger charge is 2.36. The predicted octanol–water partition coefficient (Wildman–Crippen LogP) is 1.34. The first kappa shape index (κ1) is 11.5. The smallest absolute Gasteiger partial charge is 0.131 e. The van der Waals surface area contributed by atoms with Crippen molar-refractivity contribution < 1.29 is 4.74 Å². The molecule has 0 saturated heterocycles. The molecule has 4 heteroatoms. The molecule has 1 heterocycles. The van der Waals surface area contributed by atoms with Gasteiger partial charge < -0.3 is 10.1 Å². The molecule has 88 valence electrons. The Morgan fingerprint density at radius 1 is 1.56 bits per heavy atom. The molecule has 0 radical (unpaired) electrons. The number of nitrogens with zero attached hydrogens (tertiary/aromatic N) is 2. The molecule has 0 bridgehead atoms. The summed E-state index contributed by atoms with van der Waals surface area (Å²) in [6, 6.07) is 1.97. The number of ether oxygens (including phenoxy) is 1. The third-order valence-electron chi connectivity index (χ3n) is 2.96. The zero-order chi connectivity index (χ0) is 11.4. The molecule has 16 heavy (non-hydrogen) atoms. The first-order valence-electron chi connectivity index (χ1n) is 5.82. The Labute approximate surface area is 96.4 Å². The normalized spacial score (nSPS) is 23.4. The fourth-order valence-electron chi connectivity index (χ4n) is 1.76. The van der Waals surface area contributed by atoms with Crippen LogP contribution in [0.5, 0.6) is 0 Å². The van der Waals surface area contributed by atoms with Crippen molar-refractivity contribution >= 4 is 0 Å². The predicted molar refractivity (Wildman–Crippen MR) is 62.1 cm³/mol. The highest BCUT2D eigenvalue weighted by atomic mass is 16.5. The first-order chi connectivity index (χ1) is 7.81. The molecule has 2 rings (SSSR count). The molecule has 0 amide bonds. The summed E-state index contributed by atoms with van der Waals surface area (Å²) in [5.74, 6) is 2.37. The van der Waals surface area contributed by atoms with Crippen LogP contribution in [0.25, 0.3) is 0 Å². The minimum absolute atomic E-state index is 0.596. The van der Waals surface area contributed by atoms with E-state index in [4.69, 9.17) is 4.74 Å². The SMILES string of the molecule is COCCNCc1ccnc(C2CC2C)n1. The molecule has 2 atom stereocenters. The minimum Gasteiger partial charge on any atom is -0.383 e. The molecule has 0 spiro atoms. The average molecular weight is 221 g/mol. The summed E-state index contributed by atoms with van der Waals surface area (Å²) in [5, 5.41) is 3.29. The van der Waals surface area contributed by atoms with Crippen LogP contribution in [0.15, 0.2) is 12.3 Å². The van der Waals surface area contributed by atoms with Crippen LogP contribution in [0.4, 0.5) is 0 Å². The van der Waals surface area contributed by atoms with Gasteiger partial charge >= 0.3 is 0 Å². The largest absolute Gasteiger partial charge is 0.383 e. The first-order valence-corrected chi connectivity index (χ1v) is 5.82. The van der Waals surface area contributed by atoms with E-state index in [0.29, 0.717) is 5.92 Å². The third kappa shape index (κ3) is 3.00.